The van der Waals surface area contributed by atoms with Crippen LogP contribution in [0.25, 0.3) is 0 Å². The number of hydrogen-bond donors (Lipinski definition) is 1. The Balaban J connectivity index is 1.99. The summed E-state index contributed by atoms with van der Waals surface area (Å²) in [6, 6.07) is 0. The lowest BCUT2D eigenvalue weighted by molar-refractivity contribution is 0.166. The fourth-order valence-corrected chi connectivity index (χ4v) is 1.69. The maximum atomic E-state index is 5.86. The van der Waals surface area contributed by atoms with Crippen molar-refractivity contribution in [1.29, 1.82) is 0 Å². The Bertz CT molecular complexity index is 302. The Labute approximate surface area is 84.3 Å². The van der Waals surface area contributed by atoms with Crippen molar-refractivity contribution in [3.05, 3.63) is 11.9 Å². The average molecular weight is 195 g/mol. The van der Waals surface area contributed by atoms with E-state index in [4.69, 9.17) is 4.74 Å². The molecule has 1 unspecified atom stereocenters. The molecular formula is C10H17N3O. The van der Waals surface area contributed by atoms with Gasteiger partial charge in [0.2, 0.25) is 0 Å². The molecule has 0 saturated carbocycles. The van der Waals surface area contributed by atoms with Gasteiger partial charge in [-0.15, -0.1) is 0 Å². The van der Waals surface area contributed by atoms with Gasteiger partial charge in [0.15, 0.2) is 5.75 Å². The molecule has 1 aromatic heterocycles. The molecule has 0 radical (unpaired) electrons. The SMILES string of the molecule is Cc1c(OC2CCCNC2)cnn1C. The first kappa shape index (κ1) is 9.52. The number of nitrogens with zero attached hydrogens (tertiary/aromatic N) is 2. The van der Waals surface area contributed by atoms with Crippen LogP contribution in [0.1, 0.15) is 18.5 Å². The zero-order valence-corrected chi connectivity index (χ0v) is 8.79. The lowest BCUT2D eigenvalue weighted by atomic mass is 10.1. The standard InChI is InChI=1S/C10H17N3O/c1-8-10(7-12-13(8)2)14-9-4-3-5-11-6-9/h7,9,11H,3-6H2,1-2H3. The molecule has 1 aromatic rings. The Morgan fingerprint density at radius 1 is 1.64 bits per heavy atom. The normalized spacial score (nSPS) is 22.3. The van der Waals surface area contributed by atoms with Crippen LogP contribution >= 0.6 is 0 Å². The molecule has 4 heteroatoms. The highest BCUT2D eigenvalue weighted by Gasteiger charge is 2.16. The van der Waals surface area contributed by atoms with Crippen LogP contribution in [0.4, 0.5) is 0 Å². The van der Waals surface area contributed by atoms with E-state index in [1.165, 1.54) is 6.42 Å². The molecule has 1 fully saturated rings. The van der Waals surface area contributed by atoms with Crippen molar-refractivity contribution in [2.75, 3.05) is 13.1 Å². The Hall–Kier alpha value is -1.03. The average Bonchev–Trinajstić information content (AvgIpc) is 2.52. The molecule has 1 atom stereocenters. The topological polar surface area (TPSA) is 39.1 Å². The van der Waals surface area contributed by atoms with E-state index in [1.807, 2.05) is 18.7 Å². The maximum absolute atomic E-state index is 5.86. The molecule has 4 nitrogen and oxygen atoms in total. The summed E-state index contributed by atoms with van der Waals surface area (Å²) in [5.74, 6) is 0.918. The van der Waals surface area contributed by atoms with Gasteiger partial charge in [-0.1, -0.05) is 0 Å². The van der Waals surface area contributed by atoms with Crippen LogP contribution in [-0.4, -0.2) is 29.0 Å². The van der Waals surface area contributed by atoms with Crippen LogP contribution in [-0.2, 0) is 7.05 Å². The second-order valence-electron chi connectivity index (χ2n) is 3.80. The molecule has 1 saturated heterocycles. The van der Waals surface area contributed by atoms with Gasteiger partial charge in [-0.3, -0.25) is 4.68 Å². The Kier molecular flexibility index (Phi) is 2.72. The Morgan fingerprint density at radius 2 is 2.50 bits per heavy atom. The molecule has 14 heavy (non-hydrogen) atoms. The van der Waals surface area contributed by atoms with Crippen molar-refractivity contribution in [2.45, 2.75) is 25.9 Å². The van der Waals surface area contributed by atoms with Crippen molar-refractivity contribution < 1.29 is 4.74 Å². The number of nitrogens with one attached hydrogen (secondary N) is 1. The van der Waals surface area contributed by atoms with Gasteiger partial charge in [-0.25, -0.2) is 0 Å². The first-order valence-electron chi connectivity index (χ1n) is 5.13. The van der Waals surface area contributed by atoms with E-state index in [0.29, 0.717) is 6.10 Å². The predicted octanol–water partition coefficient (Wildman–Crippen LogP) is 0.859. The molecule has 0 aliphatic carbocycles. The molecule has 78 valence electrons. The molecule has 2 heterocycles. The first-order chi connectivity index (χ1) is 6.77. The highest BCUT2D eigenvalue weighted by atomic mass is 16.5. The number of hydrogen-bond acceptors (Lipinski definition) is 3. The van der Waals surface area contributed by atoms with Gasteiger partial charge in [0.25, 0.3) is 0 Å². The van der Waals surface area contributed by atoms with E-state index in [-0.39, 0.29) is 0 Å². The predicted molar refractivity (Wildman–Crippen MR) is 54.5 cm³/mol. The molecule has 0 bridgehead atoms. The smallest absolute Gasteiger partial charge is 0.160 e. The minimum absolute atomic E-state index is 0.312. The molecule has 1 aliphatic rings. The van der Waals surface area contributed by atoms with Crippen molar-refractivity contribution in [1.82, 2.24) is 15.1 Å². The van der Waals surface area contributed by atoms with Crippen LogP contribution in [0.3, 0.4) is 0 Å². The van der Waals surface area contributed by atoms with Crippen LogP contribution in [0.5, 0.6) is 5.75 Å². The van der Waals surface area contributed by atoms with Crippen LogP contribution in [0, 0.1) is 6.92 Å². The number of aryl methyl sites for hydroxylation is 1. The third-order valence-corrected chi connectivity index (χ3v) is 2.74. The number of aromatic nitrogens is 2. The van der Waals surface area contributed by atoms with Gasteiger partial charge in [0.1, 0.15) is 6.10 Å². The zero-order valence-electron chi connectivity index (χ0n) is 8.79. The second kappa shape index (κ2) is 4.00. The zero-order chi connectivity index (χ0) is 9.97. The fraction of sp³-hybridized carbons (Fsp3) is 0.700. The minimum atomic E-state index is 0.312. The lowest BCUT2D eigenvalue weighted by Crippen LogP contribution is -2.37. The van der Waals surface area contributed by atoms with E-state index in [0.717, 1.165) is 31.0 Å². The highest BCUT2D eigenvalue weighted by molar-refractivity contribution is 5.23. The maximum Gasteiger partial charge on any atom is 0.160 e. The molecular weight excluding hydrogens is 178 g/mol. The van der Waals surface area contributed by atoms with E-state index in [2.05, 4.69) is 10.4 Å². The third-order valence-electron chi connectivity index (χ3n) is 2.74. The van der Waals surface area contributed by atoms with Gasteiger partial charge in [-0.2, -0.15) is 5.10 Å². The highest BCUT2D eigenvalue weighted by Crippen LogP contribution is 2.19. The molecule has 1 aliphatic heterocycles. The van der Waals surface area contributed by atoms with Gasteiger partial charge < -0.3 is 10.1 Å². The van der Waals surface area contributed by atoms with Crippen LogP contribution in [0.15, 0.2) is 6.20 Å². The van der Waals surface area contributed by atoms with Gasteiger partial charge in [-0.05, 0) is 26.3 Å². The number of rotatable bonds is 2. The van der Waals surface area contributed by atoms with E-state index >= 15 is 0 Å². The van der Waals surface area contributed by atoms with Crippen molar-refractivity contribution in [3.8, 4) is 5.75 Å². The molecule has 0 aromatic carbocycles. The van der Waals surface area contributed by atoms with Crippen molar-refractivity contribution >= 4 is 0 Å². The Morgan fingerprint density at radius 3 is 3.07 bits per heavy atom. The summed E-state index contributed by atoms with van der Waals surface area (Å²) in [6.45, 7) is 4.10. The molecule has 0 spiro atoms. The van der Waals surface area contributed by atoms with Gasteiger partial charge in [0, 0.05) is 13.6 Å². The molecule has 0 amide bonds. The summed E-state index contributed by atoms with van der Waals surface area (Å²) in [5, 5.41) is 7.48. The van der Waals surface area contributed by atoms with Crippen LogP contribution < -0.4 is 10.1 Å². The largest absolute Gasteiger partial charge is 0.486 e. The van der Waals surface area contributed by atoms with Crippen LogP contribution in [0.2, 0.25) is 0 Å². The second-order valence-corrected chi connectivity index (χ2v) is 3.80. The fourth-order valence-electron chi connectivity index (χ4n) is 1.69. The van der Waals surface area contributed by atoms with Gasteiger partial charge in [0.05, 0.1) is 11.9 Å². The number of piperidine rings is 1. The first-order valence-corrected chi connectivity index (χ1v) is 5.13. The monoisotopic (exact) mass is 195 g/mol. The summed E-state index contributed by atoms with van der Waals surface area (Å²) < 4.78 is 7.70. The summed E-state index contributed by atoms with van der Waals surface area (Å²) in [6.07, 6.45) is 4.45. The summed E-state index contributed by atoms with van der Waals surface area (Å²) in [7, 11) is 1.93. The van der Waals surface area contributed by atoms with Gasteiger partial charge >= 0.3 is 0 Å². The lowest BCUT2D eigenvalue weighted by Gasteiger charge is -2.23. The molecule has 2 rings (SSSR count). The van der Waals surface area contributed by atoms with E-state index < -0.39 is 0 Å². The summed E-state index contributed by atoms with van der Waals surface area (Å²) >= 11 is 0. The van der Waals surface area contributed by atoms with E-state index in [1.54, 1.807) is 6.20 Å². The minimum Gasteiger partial charge on any atom is -0.486 e. The van der Waals surface area contributed by atoms with Crippen molar-refractivity contribution in [2.24, 2.45) is 7.05 Å². The number of ether oxygens (including phenoxy) is 1. The summed E-state index contributed by atoms with van der Waals surface area (Å²) in [4.78, 5) is 0. The molecule has 1 N–H and O–H groups in total. The third kappa shape index (κ3) is 1.90. The summed E-state index contributed by atoms with van der Waals surface area (Å²) in [5.41, 5.74) is 1.09. The van der Waals surface area contributed by atoms with E-state index in [9.17, 15) is 0 Å². The van der Waals surface area contributed by atoms with Crippen molar-refractivity contribution in [3.63, 3.8) is 0 Å². The quantitative estimate of drug-likeness (QED) is 0.760.